The van der Waals surface area contributed by atoms with Gasteiger partial charge in [0.25, 0.3) is 0 Å². The van der Waals surface area contributed by atoms with E-state index < -0.39 is 0 Å². The van der Waals surface area contributed by atoms with Crippen LogP contribution in [0.2, 0.25) is 0 Å². The van der Waals surface area contributed by atoms with Gasteiger partial charge >= 0.3 is 0 Å². The summed E-state index contributed by atoms with van der Waals surface area (Å²) in [6.07, 6.45) is 21.9. The average Bonchev–Trinajstić information content (AvgIpc) is 3.67. The van der Waals surface area contributed by atoms with E-state index in [-0.39, 0.29) is 0 Å². The second-order valence-electron chi connectivity index (χ2n) is 7.87. The number of aromatic nitrogens is 1. The molecule has 3 aromatic heterocycles. The van der Waals surface area contributed by atoms with Gasteiger partial charge in [0.05, 0.1) is 21.1 Å². The highest BCUT2D eigenvalue weighted by Crippen LogP contribution is 2.20. The first-order valence-electron chi connectivity index (χ1n) is 14.5. The lowest BCUT2D eigenvalue weighted by atomic mass is 10.1. The lowest BCUT2D eigenvalue weighted by Gasteiger charge is -2.03. The minimum atomic E-state index is 0.613. The predicted octanol–water partition coefficient (Wildman–Crippen LogP) is 11.6. The highest BCUT2D eigenvalue weighted by atomic mass is 32.1. The van der Waals surface area contributed by atoms with Crippen molar-refractivity contribution in [3.63, 3.8) is 0 Å². The summed E-state index contributed by atoms with van der Waals surface area (Å²) in [5, 5.41) is 0. The predicted molar refractivity (Wildman–Crippen MR) is 192 cm³/mol. The van der Waals surface area contributed by atoms with Gasteiger partial charge < -0.3 is 5.73 Å². The van der Waals surface area contributed by atoms with Crippen LogP contribution in [0.4, 0.5) is 0 Å². The Labute approximate surface area is 259 Å². The largest absolute Gasteiger partial charge is 0.397 e. The van der Waals surface area contributed by atoms with Gasteiger partial charge in [-0.15, -0.1) is 35.0 Å². The molecule has 0 radical (unpaired) electrons. The molecule has 41 heavy (non-hydrogen) atoms. The summed E-state index contributed by atoms with van der Waals surface area (Å²) in [7, 11) is 0. The second kappa shape index (κ2) is 26.6. The van der Waals surface area contributed by atoms with Crippen molar-refractivity contribution in [1.82, 2.24) is 4.98 Å². The number of hydrogen-bond acceptors (Lipinski definition) is 4. The number of terminal acetylenes is 1. The molecule has 2 nitrogen and oxygen atoms in total. The Kier molecular flexibility index (Phi) is 25.7. The second-order valence-corrected chi connectivity index (χ2v) is 10.1. The van der Waals surface area contributed by atoms with E-state index in [1.807, 2.05) is 102 Å². The summed E-state index contributed by atoms with van der Waals surface area (Å²) in [6, 6.07) is 12.0. The summed E-state index contributed by atoms with van der Waals surface area (Å²) in [4.78, 5) is 8.67. The van der Waals surface area contributed by atoms with Gasteiger partial charge in [-0.1, -0.05) is 98.3 Å². The Balaban J connectivity index is 0. The highest BCUT2D eigenvalue weighted by Gasteiger charge is 2.01. The first kappa shape index (κ1) is 39.6. The van der Waals surface area contributed by atoms with E-state index in [1.54, 1.807) is 28.9 Å². The lowest BCUT2D eigenvalue weighted by molar-refractivity contribution is 1.09. The fourth-order valence-electron chi connectivity index (χ4n) is 2.70. The molecule has 0 aromatic carbocycles. The maximum absolute atomic E-state index is 6.35. The summed E-state index contributed by atoms with van der Waals surface area (Å²) in [6.45, 7) is 20.3. The first-order chi connectivity index (χ1) is 19.9. The van der Waals surface area contributed by atoms with E-state index in [0.29, 0.717) is 5.70 Å². The van der Waals surface area contributed by atoms with Gasteiger partial charge in [-0.25, -0.2) is 0 Å². The van der Waals surface area contributed by atoms with Gasteiger partial charge in [0.15, 0.2) is 0 Å². The summed E-state index contributed by atoms with van der Waals surface area (Å²) < 4.78 is 0. The number of thiophene rings is 2. The SMILES string of the molecule is C#Cc1ccc(/C=C/c2ccnc(/C(N)=C/C(=C\C)/C=C/c3ccc(C#CC)s3)c2)s1.CC.CC.CCC.CCC. The van der Waals surface area contributed by atoms with Crippen LogP contribution in [0, 0.1) is 24.2 Å². The molecule has 0 aliphatic heterocycles. The molecule has 0 fully saturated rings. The topological polar surface area (TPSA) is 38.9 Å². The molecular weight excluding hydrogens is 537 g/mol. The third-order valence-corrected chi connectivity index (χ3v) is 6.21. The molecule has 0 aliphatic carbocycles. The zero-order chi connectivity index (χ0) is 31.5. The van der Waals surface area contributed by atoms with Crippen molar-refractivity contribution in [1.29, 1.82) is 0 Å². The standard InChI is InChI=1S/C27H22N2S2.2C3H8.2C2H6/c1-4-7-23-14-15-25(31-23)10-8-20(5-2)18-26(28)27-19-21(16-17-29-27)9-11-24-13-12-22(6-3)30-24;2*1-3-2;2*1-2/h3,5,8-19H,28H2,1-2H3;2*3H2,1-2H3;2*1-2H3/b10-8+,11-9+,20-5-,26-18-;;;;. The van der Waals surface area contributed by atoms with Crippen LogP contribution < -0.4 is 5.73 Å². The number of nitrogens with zero attached hydrogens (tertiary/aromatic N) is 1. The Bertz CT molecular complexity index is 1310. The molecule has 0 amide bonds. The fourth-order valence-corrected chi connectivity index (χ4v) is 4.24. The zero-order valence-corrected chi connectivity index (χ0v) is 28.5. The number of rotatable bonds is 6. The van der Waals surface area contributed by atoms with Crippen molar-refractivity contribution in [2.45, 2.75) is 82.1 Å². The van der Waals surface area contributed by atoms with Crippen LogP contribution in [-0.2, 0) is 0 Å². The monoisotopic (exact) mass is 586 g/mol. The van der Waals surface area contributed by atoms with E-state index in [9.17, 15) is 0 Å². The van der Waals surface area contributed by atoms with Crippen LogP contribution in [0.3, 0.4) is 0 Å². The fraction of sp³-hybridized carbons (Fsp3) is 0.324. The van der Waals surface area contributed by atoms with Gasteiger partial charge in [-0.2, -0.15) is 0 Å². The number of nitrogens with two attached hydrogens (primary N) is 1. The van der Waals surface area contributed by atoms with Gasteiger partial charge in [0, 0.05) is 16.0 Å². The lowest BCUT2D eigenvalue weighted by Crippen LogP contribution is -1.99. The molecule has 4 heteroatoms. The molecule has 3 aromatic rings. The van der Waals surface area contributed by atoms with Crippen molar-refractivity contribution in [2.75, 3.05) is 0 Å². The molecule has 0 unspecified atom stereocenters. The van der Waals surface area contributed by atoms with Crippen LogP contribution in [0.1, 0.15) is 113 Å². The highest BCUT2D eigenvalue weighted by molar-refractivity contribution is 7.13. The van der Waals surface area contributed by atoms with Gasteiger partial charge in [0.2, 0.25) is 0 Å². The average molecular weight is 587 g/mol. The Hall–Kier alpha value is -3.57. The molecule has 3 heterocycles. The van der Waals surface area contributed by atoms with E-state index >= 15 is 0 Å². The molecular formula is C37H50N2S2. The summed E-state index contributed by atoms with van der Waals surface area (Å²) >= 11 is 3.25. The smallest absolute Gasteiger partial charge is 0.0865 e. The summed E-state index contributed by atoms with van der Waals surface area (Å²) in [5.74, 6) is 8.66. The van der Waals surface area contributed by atoms with Crippen molar-refractivity contribution < 1.29 is 0 Å². The number of pyridine rings is 1. The molecule has 2 N–H and O–H groups in total. The number of hydrogen-bond donors (Lipinski definition) is 1. The van der Waals surface area contributed by atoms with Crippen LogP contribution >= 0.6 is 22.7 Å². The molecule has 3 rings (SSSR count). The van der Waals surface area contributed by atoms with Crippen LogP contribution in [0.15, 0.2) is 66.4 Å². The van der Waals surface area contributed by atoms with E-state index in [0.717, 1.165) is 36.3 Å². The van der Waals surface area contributed by atoms with Crippen LogP contribution in [0.25, 0.3) is 23.9 Å². The van der Waals surface area contributed by atoms with Crippen LogP contribution in [0.5, 0.6) is 0 Å². The minimum absolute atomic E-state index is 0.613. The molecule has 0 spiro atoms. The van der Waals surface area contributed by atoms with Crippen molar-refractivity contribution in [3.05, 3.63) is 97.2 Å². The Morgan fingerprint density at radius 2 is 1.44 bits per heavy atom. The molecule has 0 saturated carbocycles. The van der Waals surface area contributed by atoms with Gasteiger partial charge in [0.1, 0.15) is 0 Å². The van der Waals surface area contributed by atoms with Gasteiger partial charge in [-0.3, -0.25) is 4.98 Å². The molecule has 0 aliphatic rings. The maximum Gasteiger partial charge on any atom is 0.0865 e. The minimum Gasteiger partial charge on any atom is -0.397 e. The Morgan fingerprint density at radius 3 is 1.98 bits per heavy atom. The first-order valence-corrected chi connectivity index (χ1v) is 16.1. The third-order valence-electron chi connectivity index (χ3n) is 4.26. The number of allylic oxidation sites excluding steroid dienone is 4. The van der Waals surface area contributed by atoms with Gasteiger partial charge in [-0.05, 0) is 79.6 Å². The molecule has 0 saturated heterocycles. The molecule has 0 bridgehead atoms. The summed E-state index contributed by atoms with van der Waals surface area (Å²) in [5.41, 5.74) is 9.73. The van der Waals surface area contributed by atoms with Crippen molar-refractivity contribution in [3.8, 4) is 24.2 Å². The maximum atomic E-state index is 6.35. The van der Waals surface area contributed by atoms with Crippen molar-refractivity contribution in [2.24, 2.45) is 5.73 Å². The van der Waals surface area contributed by atoms with E-state index in [1.165, 1.54) is 12.8 Å². The zero-order valence-electron chi connectivity index (χ0n) is 26.8. The third kappa shape index (κ3) is 17.7. The van der Waals surface area contributed by atoms with Crippen molar-refractivity contribution >= 4 is 46.6 Å². The Morgan fingerprint density at radius 1 is 0.878 bits per heavy atom. The molecule has 0 atom stereocenters. The molecule has 220 valence electrons. The normalized spacial score (nSPS) is 10.4. The quantitative estimate of drug-likeness (QED) is 0.230. The van der Waals surface area contributed by atoms with E-state index in [4.69, 9.17) is 12.2 Å². The van der Waals surface area contributed by atoms with E-state index in [2.05, 4.69) is 62.6 Å². The van der Waals surface area contributed by atoms with Crippen LogP contribution in [-0.4, -0.2) is 4.98 Å².